The van der Waals surface area contributed by atoms with Crippen molar-refractivity contribution in [2.75, 3.05) is 0 Å². The van der Waals surface area contributed by atoms with Gasteiger partial charge in [-0.05, 0) is 24.3 Å². The monoisotopic (exact) mass is 299 g/mol. The average Bonchev–Trinajstić information content (AvgIpc) is 2.89. The summed E-state index contributed by atoms with van der Waals surface area (Å²) in [4.78, 5) is 16.6. The predicted molar refractivity (Wildman–Crippen MR) is 83.3 cm³/mol. The summed E-state index contributed by atoms with van der Waals surface area (Å²) in [5.74, 6) is -0.156. The highest BCUT2D eigenvalue weighted by molar-refractivity contribution is 6.30. The third-order valence-corrected chi connectivity index (χ3v) is 3.60. The number of fused-ring (bicyclic) bond motifs is 1. The molecule has 4 nitrogen and oxygen atoms in total. The third kappa shape index (κ3) is 2.76. The number of para-hydroxylation sites is 1. The molecule has 0 radical (unpaired) electrons. The van der Waals surface area contributed by atoms with E-state index in [0.717, 1.165) is 11.1 Å². The first kappa shape index (κ1) is 13.6. The quantitative estimate of drug-likeness (QED) is 0.755. The van der Waals surface area contributed by atoms with Crippen molar-refractivity contribution in [1.29, 1.82) is 0 Å². The van der Waals surface area contributed by atoms with Crippen molar-refractivity contribution < 1.29 is 4.79 Å². The zero-order valence-electron chi connectivity index (χ0n) is 11.5. The maximum Gasteiger partial charge on any atom is 0.252 e. The first-order chi connectivity index (χ1) is 10.1. The standard InChI is InChI=1S/C16H14ClN3O/c1-20-8-4-5-11(20)10-18-16(21)13-9-15(17)19-14-7-3-2-6-12(13)14/h2-9H,10H2,1H3,(H,18,21). The number of hydrogen-bond donors (Lipinski definition) is 1. The van der Waals surface area contributed by atoms with Crippen molar-refractivity contribution in [2.45, 2.75) is 6.54 Å². The lowest BCUT2D eigenvalue weighted by Crippen LogP contribution is -2.24. The molecule has 0 unspecified atom stereocenters. The molecule has 3 rings (SSSR count). The lowest BCUT2D eigenvalue weighted by atomic mass is 10.1. The second-order valence-corrected chi connectivity index (χ2v) is 5.19. The molecule has 0 aliphatic heterocycles. The summed E-state index contributed by atoms with van der Waals surface area (Å²) < 4.78 is 1.97. The lowest BCUT2D eigenvalue weighted by molar-refractivity contribution is 0.0951. The summed E-state index contributed by atoms with van der Waals surface area (Å²) in [6.07, 6.45) is 1.94. The summed E-state index contributed by atoms with van der Waals surface area (Å²) in [5.41, 5.74) is 2.29. The Morgan fingerprint density at radius 2 is 2.10 bits per heavy atom. The maximum atomic E-state index is 12.4. The van der Waals surface area contributed by atoms with Crippen molar-refractivity contribution in [2.24, 2.45) is 7.05 Å². The zero-order valence-corrected chi connectivity index (χ0v) is 12.3. The van der Waals surface area contributed by atoms with Gasteiger partial charge >= 0.3 is 0 Å². The molecule has 5 heteroatoms. The van der Waals surface area contributed by atoms with Crippen LogP contribution in [0, 0.1) is 0 Å². The first-order valence-electron chi connectivity index (χ1n) is 6.59. The number of nitrogens with zero attached hydrogens (tertiary/aromatic N) is 2. The predicted octanol–water partition coefficient (Wildman–Crippen LogP) is 3.16. The van der Waals surface area contributed by atoms with Crippen LogP contribution in [0.15, 0.2) is 48.7 Å². The number of amides is 1. The normalized spacial score (nSPS) is 10.8. The van der Waals surface area contributed by atoms with Gasteiger partial charge in [-0.2, -0.15) is 0 Å². The summed E-state index contributed by atoms with van der Waals surface area (Å²) >= 11 is 6.00. The number of pyridine rings is 1. The fourth-order valence-corrected chi connectivity index (χ4v) is 2.48. The van der Waals surface area contributed by atoms with Crippen molar-refractivity contribution in [3.63, 3.8) is 0 Å². The highest BCUT2D eigenvalue weighted by Crippen LogP contribution is 2.20. The highest BCUT2D eigenvalue weighted by Gasteiger charge is 2.12. The van der Waals surface area contributed by atoms with Crippen LogP contribution in [0.25, 0.3) is 10.9 Å². The van der Waals surface area contributed by atoms with E-state index >= 15 is 0 Å². The van der Waals surface area contributed by atoms with Crippen LogP contribution < -0.4 is 5.32 Å². The van der Waals surface area contributed by atoms with Crippen LogP contribution in [0.2, 0.25) is 5.15 Å². The zero-order chi connectivity index (χ0) is 14.8. The van der Waals surface area contributed by atoms with E-state index in [2.05, 4.69) is 10.3 Å². The number of rotatable bonds is 3. The number of carbonyl (C=O) groups excluding carboxylic acids is 1. The molecular weight excluding hydrogens is 286 g/mol. The van der Waals surface area contributed by atoms with Gasteiger partial charge in [-0.3, -0.25) is 4.79 Å². The summed E-state index contributed by atoms with van der Waals surface area (Å²) in [5, 5.41) is 4.03. The average molecular weight is 300 g/mol. The molecule has 0 aliphatic rings. The van der Waals surface area contributed by atoms with E-state index in [4.69, 9.17) is 11.6 Å². The fourth-order valence-electron chi connectivity index (χ4n) is 2.28. The molecule has 0 saturated carbocycles. The lowest BCUT2D eigenvalue weighted by Gasteiger charge is -2.09. The molecular formula is C16H14ClN3O. The minimum absolute atomic E-state index is 0.156. The molecule has 0 fully saturated rings. The van der Waals surface area contributed by atoms with Crippen molar-refractivity contribution >= 4 is 28.4 Å². The molecule has 2 aromatic heterocycles. The van der Waals surface area contributed by atoms with Gasteiger partial charge in [0.05, 0.1) is 17.6 Å². The minimum atomic E-state index is -0.156. The van der Waals surface area contributed by atoms with E-state index in [9.17, 15) is 4.79 Å². The number of aryl methyl sites for hydroxylation is 1. The molecule has 21 heavy (non-hydrogen) atoms. The van der Waals surface area contributed by atoms with Gasteiger partial charge in [0.15, 0.2) is 0 Å². The Balaban J connectivity index is 1.89. The van der Waals surface area contributed by atoms with E-state index < -0.39 is 0 Å². The van der Waals surface area contributed by atoms with Crippen molar-refractivity contribution in [3.8, 4) is 0 Å². The minimum Gasteiger partial charge on any atom is -0.353 e. The Morgan fingerprint density at radius 1 is 1.29 bits per heavy atom. The molecule has 0 spiro atoms. The van der Waals surface area contributed by atoms with Crippen LogP contribution in [-0.2, 0) is 13.6 Å². The molecule has 106 valence electrons. The van der Waals surface area contributed by atoms with Crippen LogP contribution >= 0.6 is 11.6 Å². The van der Waals surface area contributed by atoms with E-state index in [-0.39, 0.29) is 5.91 Å². The van der Waals surface area contributed by atoms with Gasteiger partial charge in [-0.1, -0.05) is 29.8 Å². The van der Waals surface area contributed by atoms with Crippen molar-refractivity contribution in [3.05, 3.63) is 65.1 Å². The first-order valence-corrected chi connectivity index (χ1v) is 6.96. The van der Waals surface area contributed by atoms with Gasteiger partial charge in [0.2, 0.25) is 0 Å². The molecule has 0 atom stereocenters. The molecule has 0 saturated heterocycles. The summed E-state index contributed by atoms with van der Waals surface area (Å²) in [6.45, 7) is 0.469. The maximum absolute atomic E-state index is 12.4. The second-order valence-electron chi connectivity index (χ2n) is 4.80. The Kier molecular flexibility index (Phi) is 3.62. The number of carbonyl (C=O) groups is 1. The van der Waals surface area contributed by atoms with Crippen molar-refractivity contribution in [1.82, 2.24) is 14.9 Å². The Bertz CT molecular complexity index is 810. The van der Waals surface area contributed by atoms with Crippen LogP contribution in [-0.4, -0.2) is 15.5 Å². The Morgan fingerprint density at radius 3 is 2.86 bits per heavy atom. The van der Waals surface area contributed by atoms with Crippen LogP contribution in [0.3, 0.4) is 0 Å². The second kappa shape index (κ2) is 5.58. The SMILES string of the molecule is Cn1cccc1CNC(=O)c1cc(Cl)nc2ccccc12. The number of benzene rings is 1. The summed E-state index contributed by atoms with van der Waals surface area (Å²) in [6, 6.07) is 13.0. The van der Waals surface area contributed by atoms with Crippen LogP contribution in [0.1, 0.15) is 16.1 Å². The number of aromatic nitrogens is 2. The van der Waals surface area contributed by atoms with Gasteiger partial charge in [0.1, 0.15) is 5.15 Å². The largest absolute Gasteiger partial charge is 0.353 e. The van der Waals surface area contributed by atoms with E-state index in [1.165, 1.54) is 0 Å². The van der Waals surface area contributed by atoms with Crippen LogP contribution in [0.5, 0.6) is 0 Å². The molecule has 2 heterocycles. The van der Waals surface area contributed by atoms with Gasteiger partial charge in [-0.15, -0.1) is 0 Å². The highest BCUT2D eigenvalue weighted by atomic mass is 35.5. The molecule has 0 aliphatic carbocycles. The topological polar surface area (TPSA) is 46.9 Å². The number of hydrogen-bond acceptors (Lipinski definition) is 2. The molecule has 1 N–H and O–H groups in total. The third-order valence-electron chi connectivity index (χ3n) is 3.41. The van der Waals surface area contributed by atoms with E-state index in [1.54, 1.807) is 6.07 Å². The van der Waals surface area contributed by atoms with Gasteiger partial charge in [0, 0.05) is 24.3 Å². The van der Waals surface area contributed by atoms with Gasteiger partial charge in [0.25, 0.3) is 5.91 Å². The molecule has 1 amide bonds. The molecule has 1 aromatic carbocycles. The smallest absolute Gasteiger partial charge is 0.252 e. The fraction of sp³-hybridized carbons (Fsp3) is 0.125. The van der Waals surface area contributed by atoms with Gasteiger partial charge in [-0.25, -0.2) is 4.98 Å². The van der Waals surface area contributed by atoms with Gasteiger partial charge < -0.3 is 9.88 Å². The number of nitrogens with one attached hydrogen (secondary N) is 1. The summed E-state index contributed by atoms with van der Waals surface area (Å²) in [7, 11) is 1.94. The molecule has 3 aromatic rings. The van der Waals surface area contributed by atoms with E-state index in [0.29, 0.717) is 22.8 Å². The van der Waals surface area contributed by atoms with E-state index in [1.807, 2.05) is 54.2 Å². The number of halogens is 1. The Hall–Kier alpha value is -2.33. The Labute approximate surface area is 127 Å². The molecule has 0 bridgehead atoms. The van der Waals surface area contributed by atoms with Crippen LogP contribution in [0.4, 0.5) is 0 Å².